The van der Waals surface area contributed by atoms with Crippen LogP contribution in [0.2, 0.25) is 10.0 Å². The predicted molar refractivity (Wildman–Crippen MR) is 98.4 cm³/mol. The van der Waals surface area contributed by atoms with Gasteiger partial charge in [-0.2, -0.15) is 5.10 Å². The quantitative estimate of drug-likeness (QED) is 0.583. The third kappa shape index (κ3) is 4.73. The Kier molecular flexibility index (Phi) is 6.64. The molecular weight excluding hydrogens is 347 g/mol. The van der Waals surface area contributed by atoms with Crippen molar-refractivity contribution in [1.29, 1.82) is 0 Å². The van der Waals surface area contributed by atoms with Crippen molar-refractivity contribution in [2.75, 3.05) is 7.11 Å². The third-order valence-electron chi connectivity index (χ3n) is 3.38. The topological polar surface area (TPSA) is 50.7 Å². The molecule has 6 heteroatoms. The first-order chi connectivity index (χ1) is 11.5. The summed E-state index contributed by atoms with van der Waals surface area (Å²) in [6, 6.07) is 12.3. The van der Waals surface area contributed by atoms with Gasteiger partial charge in [0.15, 0.2) is 0 Å². The van der Waals surface area contributed by atoms with Gasteiger partial charge in [0.1, 0.15) is 5.75 Å². The van der Waals surface area contributed by atoms with Crippen LogP contribution in [-0.2, 0) is 0 Å². The monoisotopic (exact) mass is 364 g/mol. The number of nitrogens with one attached hydrogen (secondary N) is 1. The predicted octanol–water partition coefficient (Wildman–Crippen LogP) is 4.94. The van der Waals surface area contributed by atoms with E-state index in [4.69, 9.17) is 27.9 Å². The van der Waals surface area contributed by atoms with Gasteiger partial charge in [-0.3, -0.25) is 4.79 Å². The van der Waals surface area contributed by atoms with Crippen molar-refractivity contribution < 1.29 is 9.53 Å². The fraction of sp³-hybridized carbons (Fsp3) is 0.222. The van der Waals surface area contributed by atoms with Gasteiger partial charge in [-0.1, -0.05) is 36.5 Å². The van der Waals surface area contributed by atoms with Crippen LogP contribution in [0.25, 0.3) is 0 Å². The van der Waals surface area contributed by atoms with Gasteiger partial charge in [0.25, 0.3) is 5.91 Å². The van der Waals surface area contributed by atoms with E-state index < -0.39 is 0 Å². The number of carbonyl (C=O) groups is 1. The molecule has 2 aromatic rings. The van der Waals surface area contributed by atoms with Crippen molar-refractivity contribution in [3.8, 4) is 5.75 Å². The number of hydrazone groups is 1. The lowest BCUT2D eigenvalue weighted by molar-refractivity contribution is 0.0955. The van der Waals surface area contributed by atoms with E-state index >= 15 is 0 Å². The summed E-state index contributed by atoms with van der Waals surface area (Å²) in [5.41, 5.74) is 4.61. The van der Waals surface area contributed by atoms with Gasteiger partial charge in [-0.25, -0.2) is 5.43 Å². The van der Waals surface area contributed by atoms with E-state index in [0.717, 1.165) is 29.9 Å². The Bertz CT molecular complexity index is 743. The minimum absolute atomic E-state index is 0.289. The molecule has 1 amide bonds. The van der Waals surface area contributed by atoms with Crippen molar-refractivity contribution in [3.05, 3.63) is 63.6 Å². The molecule has 0 aromatic heterocycles. The van der Waals surface area contributed by atoms with Crippen molar-refractivity contribution in [2.24, 2.45) is 5.10 Å². The Morgan fingerprint density at radius 1 is 1.17 bits per heavy atom. The molecule has 0 atom stereocenters. The molecule has 0 fully saturated rings. The molecule has 0 aliphatic rings. The van der Waals surface area contributed by atoms with E-state index in [2.05, 4.69) is 17.5 Å². The standard InChI is InChI=1S/C18H18Cl2N2O2/c1-3-4-17(12-5-8-14(24-2)9-6-12)21-22-18(23)15-10-7-13(19)11-16(15)20/h5-11H,3-4H2,1-2H3,(H,22,23). The second kappa shape index (κ2) is 8.71. The highest BCUT2D eigenvalue weighted by molar-refractivity contribution is 6.36. The molecule has 24 heavy (non-hydrogen) atoms. The highest BCUT2D eigenvalue weighted by Gasteiger charge is 2.11. The maximum Gasteiger partial charge on any atom is 0.272 e. The molecule has 0 heterocycles. The highest BCUT2D eigenvalue weighted by atomic mass is 35.5. The minimum atomic E-state index is -0.376. The van der Waals surface area contributed by atoms with Crippen molar-refractivity contribution in [2.45, 2.75) is 19.8 Å². The lowest BCUT2D eigenvalue weighted by Gasteiger charge is -2.08. The van der Waals surface area contributed by atoms with Crippen LogP contribution in [0.5, 0.6) is 5.75 Å². The summed E-state index contributed by atoms with van der Waals surface area (Å²) in [6.45, 7) is 2.05. The Hall–Kier alpha value is -2.04. The third-order valence-corrected chi connectivity index (χ3v) is 3.93. The first-order valence-corrected chi connectivity index (χ1v) is 8.27. The van der Waals surface area contributed by atoms with Gasteiger partial charge >= 0.3 is 0 Å². The van der Waals surface area contributed by atoms with Gasteiger partial charge in [0, 0.05) is 5.02 Å². The van der Waals surface area contributed by atoms with E-state index in [1.54, 1.807) is 19.2 Å². The van der Waals surface area contributed by atoms with Gasteiger partial charge in [-0.05, 0) is 54.4 Å². The van der Waals surface area contributed by atoms with Crippen LogP contribution in [0, 0.1) is 0 Å². The van der Waals surface area contributed by atoms with Crippen LogP contribution >= 0.6 is 23.2 Å². The molecular formula is C18H18Cl2N2O2. The fourth-order valence-electron chi connectivity index (χ4n) is 2.14. The van der Waals surface area contributed by atoms with E-state index in [-0.39, 0.29) is 10.9 Å². The van der Waals surface area contributed by atoms with Crippen molar-refractivity contribution in [3.63, 3.8) is 0 Å². The van der Waals surface area contributed by atoms with Crippen LogP contribution in [0.4, 0.5) is 0 Å². The number of rotatable bonds is 6. The van der Waals surface area contributed by atoms with Gasteiger partial charge < -0.3 is 4.74 Å². The van der Waals surface area contributed by atoms with Crippen molar-refractivity contribution >= 4 is 34.8 Å². The van der Waals surface area contributed by atoms with Crippen LogP contribution < -0.4 is 10.2 Å². The second-order valence-corrected chi connectivity index (χ2v) is 5.95. The molecule has 4 nitrogen and oxygen atoms in total. The molecule has 0 saturated heterocycles. The summed E-state index contributed by atoms with van der Waals surface area (Å²) in [5.74, 6) is 0.394. The first kappa shape index (κ1) is 18.3. The van der Waals surface area contributed by atoms with Crippen molar-refractivity contribution in [1.82, 2.24) is 5.43 Å². The number of amides is 1. The van der Waals surface area contributed by atoms with E-state index in [1.165, 1.54) is 6.07 Å². The van der Waals surface area contributed by atoms with Gasteiger partial charge in [-0.15, -0.1) is 0 Å². The number of benzene rings is 2. The summed E-state index contributed by atoms with van der Waals surface area (Å²) >= 11 is 11.9. The summed E-state index contributed by atoms with van der Waals surface area (Å²) in [4.78, 5) is 12.3. The minimum Gasteiger partial charge on any atom is -0.497 e. The number of methoxy groups -OCH3 is 1. The molecule has 2 rings (SSSR count). The van der Waals surface area contributed by atoms with Gasteiger partial charge in [0.05, 0.1) is 23.4 Å². The van der Waals surface area contributed by atoms with Gasteiger partial charge in [0.2, 0.25) is 0 Å². The zero-order chi connectivity index (χ0) is 17.5. The second-order valence-electron chi connectivity index (χ2n) is 5.10. The smallest absolute Gasteiger partial charge is 0.272 e. The zero-order valence-corrected chi connectivity index (χ0v) is 15.0. The highest BCUT2D eigenvalue weighted by Crippen LogP contribution is 2.21. The number of hydrogen-bond donors (Lipinski definition) is 1. The molecule has 1 N–H and O–H groups in total. The lowest BCUT2D eigenvalue weighted by atomic mass is 10.1. The average Bonchev–Trinajstić information content (AvgIpc) is 2.58. The maximum atomic E-state index is 12.3. The Morgan fingerprint density at radius 2 is 1.88 bits per heavy atom. The maximum absolute atomic E-state index is 12.3. The van der Waals surface area contributed by atoms with E-state index in [9.17, 15) is 4.79 Å². The molecule has 0 spiro atoms. The molecule has 126 valence electrons. The molecule has 2 aromatic carbocycles. The summed E-state index contributed by atoms with van der Waals surface area (Å²) in [7, 11) is 1.62. The lowest BCUT2D eigenvalue weighted by Crippen LogP contribution is -2.20. The number of carbonyl (C=O) groups excluding carboxylic acids is 1. The normalized spacial score (nSPS) is 11.2. The summed E-state index contributed by atoms with van der Waals surface area (Å²) in [6.07, 6.45) is 1.64. The average molecular weight is 365 g/mol. The van der Waals surface area contributed by atoms with E-state index in [1.807, 2.05) is 24.3 Å². The SMILES string of the molecule is CCCC(=NNC(=O)c1ccc(Cl)cc1Cl)c1ccc(OC)cc1. The number of ether oxygens (including phenoxy) is 1. The summed E-state index contributed by atoms with van der Waals surface area (Å²) in [5, 5.41) is 5.03. The largest absolute Gasteiger partial charge is 0.497 e. The molecule has 0 radical (unpaired) electrons. The Balaban J connectivity index is 2.19. The molecule has 0 unspecified atom stereocenters. The van der Waals surface area contributed by atoms with Crippen LogP contribution in [0.3, 0.4) is 0 Å². The first-order valence-electron chi connectivity index (χ1n) is 7.51. The number of hydrogen-bond acceptors (Lipinski definition) is 3. The van der Waals surface area contributed by atoms with Crippen LogP contribution in [0.15, 0.2) is 47.6 Å². The van der Waals surface area contributed by atoms with E-state index in [0.29, 0.717) is 10.6 Å². The van der Waals surface area contributed by atoms with Crippen LogP contribution in [-0.4, -0.2) is 18.7 Å². The Labute approximate surface area is 151 Å². The zero-order valence-electron chi connectivity index (χ0n) is 13.5. The number of nitrogens with zero attached hydrogens (tertiary/aromatic N) is 1. The summed E-state index contributed by atoms with van der Waals surface area (Å²) < 4.78 is 5.15. The number of halogens is 2. The molecule has 0 aliphatic heterocycles. The fourth-order valence-corrected chi connectivity index (χ4v) is 2.63. The molecule has 0 saturated carbocycles. The molecule has 0 bridgehead atoms. The molecule has 0 aliphatic carbocycles. The Morgan fingerprint density at radius 3 is 2.46 bits per heavy atom. The van der Waals surface area contributed by atoms with Crippen LogP contribution in [0.1, 0.15) is 35.7 Å².